The maximum absolute atomic E-state index is 13.8. The number of ether oxygens (including phenoxy) is 1. The molecule has 1 fully saturated rings. The number of halogens is 1. The fraction of sp³-hybridized carbons (Fsp3) is 0.571. The lowest BCUT2D eigenvalue weighted by Gasteiger charge is -2.22. The fourth-order valence-corrected chi connectivity index (χ4v) is 2.66. The largest absolute Gasteiger partial charge is 0.384 e. The highest BCUT2D eigenvalue weighted by atomic mass is 19.1. The molecule has 2 N–H and O–H groups in total. The Bertz CT molecular complexity index is 397. The van der Waals surface area contributed by atoms with Crippen molar-refractivity contribution >= 4 is 5.69 Å². The van der Waals surface area contributed by atoms with Crippen molar-refractivity contribution < 1.29 is 9.13 Å². The molecule has 1 heterocycles. The van der Waals surface area contributed by atoms with Gasteiger partial charge in [-0.25, -0.2) is 4.39 Å². The van der Waals surface area contributed by atoms with Crippen LogP contribution in [0, 0.1) is 11.7 Å². The van der Waals surface area contributed by atoms with Crippen molar-refractivity contribution in [2.24, 2.45) is 11.7 Å². The number of hydrogen-bond donors (Lipinski definition) is 1. The summed E-state index contributed by atoms with van der Waals surface area (Å²) in [5.74, 6) is 0.400. The lowest BCUT2D eigenvalue weighted by atomic mass is 10.1. The molecule has 0 saturated carbocycles. The van der Waals surface area contributed by atoms with Crippen molar-refractivity contribution in [1.82, 2.24) is 0 Å². The first kappa shape index (κ1) is 13.3. The summed E-state index contributed by atoms with van der Waals surface area (Å²) in [7, 11) is 1.73. The van der Waals surface area contributed by atoms with Gasteiger partial charge in [-0.05, 0) is 31.5 Å². The SMILES string of the molecule is COCC1CCN(c2cccc(F)c2CCN)C1. The molecule has 3 nitrogen and oxygen atoms in total. The van der Waals surface area contributed by atoms with Crippen molar-refractivity contribution in [3.63, 3.8) is 0 Å². The van der Waals surface area contributed by atoms with Gasteiger partial charge in [-0.3, -0.25) is 0 Å². The van der Waals surface area contributed by atoms with E-state index in [-0.39, 0.29) is 5.82 Å². The minimum absolute atomic E-state index is 0.145. The Balaban J connectivity index is 2.16. The summed E-state index contributed by atoms with van der Waals surface area (Å²) in [6, 6.07) is 5.27. The van der Waals surface area contributed by atoms with E-state index in [0.29, 0.717) is 18.9 Å². The van der Waals surface area contributed by atoms with Gasteiger partial charge in [0.15, 0.2) is 0 Å². The summed E-state index contributed by atoms with van der Waals surface area (Å²) in [4.78, 5) is 2.25. The molecule has 1 atom stereocenters. The van der Waals surface area contributed by atoms with Crippen LogP contribution in [0.3, 0.4) is 0 Å². The van der Waals surface area contributed by atoms with Crippen molar-refractivity contribution in [2.75, 3.05) is 38.3 Å². The molecule has 0 bridgehead atoms. The summed E-state index contributed by atoms with van der Waals surface area (Å²) < 4.78 is 19.0. The first-order chi connectivity index (χ1) is 8.76. The second-order valence-corrected chi connectivity index (χ2v) is 4.83. The monoisotopic (exact) mass is 252 g/mol. The second-order valence-electron chi connectivity index (χ2n) is 4.83. The molecule has 1 aliphatic rings. The topological polar surface area (TPSA) is 38.5 Å². The summed E-state index contributed by atoms with van der Waals surface area (Å²) >= 11 is 0. The quantitative estimate of drug-likeness (QED) is 0.868. The molecular weight excluding hydrogens is 231 g/mol. The van der Waals surface area contributed by atoms with E-state index in [1.54, 1.807) is 13.2 Å². The Morgan fingerprint density at radius 1 is 1.50 bits per heavy atom. The third-order valence-corrected chi connectivity index (χ3v) is 3.52. The molecule has 0 amide bonds. The van der Waals surface area contributed by atoms with Crippen LogP contribution >= 0.6 is 0 Å². The van der Waals surface area contributed by atoms with E-state index < -0.39 is 0 Å². The standard InChI is InChI=1S/C14H21FN2O/c1-18-10-11-6-8-17(9-11)14-4-2-3-13(15)12(14)5-7-16/h2-4,11H,5-10,16H2,1H3. The van der Waals surface area contributed by atoms with Crippen LogP contribution in [0.25, 0.3) is 0 Å². The van der Waals surface area contributed by atoms with Crippen LogP contribution in [0.15, 0.2) is 18.2 Å². The molecule has 1 aromatic rings. The van der Waals surface area contributed by atoms with Gasteiger partial charge in [-0.2, -0.15) is 0 Å². The molecule has 1 aromatic carbocycles. The van der Waals surface area contributed by atoms with E-state index in [0.717, 1.165) is 37.4 Å². The van der Waals surface area contributed by atoms with Crippen molar-refractivity contribution in [1.29, 1.82) is 0 Å². The third kappa shape index (κ3) is 2.82. The van der Waals surface area contributed by atoms with E-state index >= 15 is 0 Å². The van der Waals surface area contributed by atoms with Gasteiger partial charge >= 0.3 is 0 Å². The van der Waals surface area contributed by atoms with Gasteiger partial charge in [-0.15, -0.1) is 0 Å². The zero-order valence-corrected chi connectivity index (χ0v) is 10.9. The molecule has 0 aromatic heterocycles. The zero-order valence-electron chi connectivity index (χ0n) is 10.9. The van der Waals surface area contributed by atoms with Gasteiger partial charge in [-0.1, -0.05) is 6.07 Å². The van der Waals surface area contributed by atoms with Crippen molar-refractivity contribution in [3.05, 3.63) is 29.6 Å². The molecule has 1 saturated heterocycles. The molecule has 1 unspecified atom stereocenters. The average molecular weight is 252 g/mol. The lowest BCUT2D eigenvalue weighted by Crippen LogP contribution is -2.23. The second kappa shape index (κ2) is 6.16. The van der Waals surface area contributed by atoms with Crippen LogP contribution < -0.4 is 10.6 Å². The van der Waals surface area contributed by atoms with Gasteiger partial charge in [0.25, 0.3) is 0 Å². The summed E-state index contributed by atoms with van der Waals surface area (Å²) in [5.41, 5.74) is 7.31. The molecule has 2 rings (SSSR count). The first-order valence-corrected chi connectivity index (χ1v) is 6.47. The van der Waals surface area contributed by atoms with Crippen LogP contribution in [-0.4, -0.2) is 33.4 Å². The fourth-order valence-electron chi connectivity index (χ4n) is 2.66. The maximum Gasteiger partial charge on any atom is 0.128 e. The predicted octanol–water partition coefficient (Wildman–Crippen LogP) is 1.80. The summed E-state index contributed by atoms with van der Waals surface area (Å²) in [6.07, 6.45) is 1.69. The Morgan fingerprint density at radius 2 is 2.33 bits per heavy atom. The molecule has 0 aliphatic carbocycles. The number of nitrogens with zero attached hydrogens (tertiary/aromatic N) is 1. The Hall–Kier alpha value is -1.13. The Morgan fingerprint density at radius 3 is 3.06 bits per heavy atom. The lowest BCUT2D eigenvalue weighted by molar-refractivity contribution is 0.161. The highest BCUT2D eigenvalue weighted by molar-refractivity contribution is 5.55. The highest BCUT2D eigenvalue weighted by Crippen LogP contribution is 2.29. The highest BCUT2D eigenvalue weighted by Gasteiger charge is 2.24. The Kier molecular flexibility index (Phi) is 4.55. The van der Waals surface area contributed by atoms with Crippen LogP contribution in [0.2, 0.25) is 0 Å². The Labute approximate surface area is 108 Å². The average Bonchev–Trinajstić information content (AvgIpc) is 2.81. The number of benzene rings is 1. The van der Waals surface area contributed by atoms with E-state index in [1.165, 1.54) is 6.07 Å². The molecule has 100 valence electrons. The van der Waals surface area contributed by atoms with Crippen LogP contribution in [-0.2, 0) is 11.2 Å². The van der Waals surface area contributed by atoms with Crippen LogP contribution in [0.4, 0.5) is 10.1 Å². The predicted molar refractivity (Wildman–Crippen MR) is 71.4 cm³/mol. The number of methoxy groups -OCH3 is 1. The number of rotatable bonds is 5. The summed E-state index contributed by atoms with van der Waals surface area (Å²) in [6.45, 7) is 3.16. The van der Waals surface area contributed by atoms with Gasteiger partial charge in [0, 0.05) is 37.4 Å². The smallest absolute Gasteiger partial charge is 0.128 e. The number of anilines is 1. The zero-order chi connectivity index (χ0) is 13.0. The third-order valence-electron chi connectivity index (χ3n) is 3.52. The van der Waals surface area contributed by atoms with Crippen LogP contribution in [0.1, 0.15) is 12.0 Å². The number of hydrogen-bond acceptors (Lipinski definition) is 3. The summed E-state index contributed by atoms with van der Waals surface area (Å²) in [5, 5.41) is 0. The molecule has 0 spiro atoms. The minimum atomic E-state index is -0.145. The molecular formula is C14H21FN2O. The van der Waals surface area contributed by atoms with Gasteiger partial charge in [0.05, 0.1) is 6.61 Å². The van der Waals surface area contributed by atoms with Crippen molar-refractivity contribution in [2.45, 2.75) is 12.8 Å². The van der Waals surface area contributed by atoms with Crippen molar-refractivity contribution in [3.8, 4) is 0 Å². The first-order valence-electron chi connectivity index (χ1n) is 6.47. The molecule has 18 heavy (non-hydrogen) atoms. The van der Waals surface area contributed by atoms with E-state index in [9.17, 15) is 4.39 Å². The maximum atomic E-state index is 13.8. The van der Waals surface area contributed by atoms with Gasteiger partial charge in [0.2, 0.25) is 0 Å². The molecule has 0 radical (unpaired) electrons. The molecule has 4 heteroatoms. The van der Waals surface area contributed by atoms with E-state index in [1.807, 2.05) is 6.07 Å². The van der Waals surface area contributed by atoms with E-state index in [4.69, 9.17) is 10.5 Å². The molecule has 1 aliphatic heterocycles. The van der Waals surface area contributed by atoms with Gasteiger partial charge < -0.3 is 15.4 Å². The minimum Gasteiger partial charge on any atom is -0.384 e. The van der Waals surface area contributed by atoms with E-state index in [2.05, 4.69) is 4.90 Å². The number of nitrogens with two attached hydrogens (primary N) is 1. The normalized spacial score (nSPS) is 19.5. The van der Waals surface area contributed by atoms with Gasteiger partial charge in [0.1, 0.15) is 5.82 Å². The van der Waals surface area contributed by atoms with Crippen LogP contribution in [0.5, 0.6) is 0 Å².